The molecule has 0 aromatic carbocycles. The van der Waals surface area contributed by atoms with Gasteiger partial charge < -0.3 is 14.2 Å². The molecule has 6 heteroatoms. The first-order valence-corrected chi connectivity index (χ1v) is 34.6. The fourth-order valence-corrected chi connectivity index (χ4v) is 10.3. The number of esters is 3. The summed E-state index contributed by atoms with van der Waals surface area (Å²) >= 11 is 0. The summed E-state index contributed by atoms with van der Waals surface area (Å²) in [5.74, 6) is -0.869. The summed E-state index contributed by atoms with van der Waals surface area (Å²) in [5, 5.41) is 0. The lowest BCUT2D eigenvalue weighted by atomic mass is 10.0. The second kappa shape index (κ2) is 66.9. The Hall–Kier alpha value is -2.63. The number of allylic oxidation sites excluding steroid dienone is 8. The van der Waals surface area contributed by atoms with Gasteiger partial charge in [-0.3, -0.25) is 14.4 Å². The summed E-state index contributed by atoms with van der Waals surface area (Å²) in [6.07, 6.45) is 84.4. The van der Waals surface area contributed by atoms with Gasteiger partial charge in [0.2, 0.25) is 0 Å². The van der Waals surface area contributed by atoms with Crippen LogP contribution in [-0.2, 0) is 28.6 Å². The van der Waals surface area contributed by atoms with Crippen LogP contribution >= 0.6 is 0 Å². The molecule has 0 heterocycles. The predicted octanol–water partition coefficient (Wildman–Crippen LogP) is 23.7. The van der Waals surface area contributed by atoms with Crippen LogP contribution in [0.5, 0.6) is 0 Å². The highest BCUT2D eigenvalue weighted by molar-refractivity contribution is 5.71. The van der Waals surface area contributed by atoms with Gasteiger partial charge in [-0.1, -0.05) is 307 Å². The van der Waals surface area contributed by atoms with Gasteiger partial charge in [-0.15, -0.1) is 0 Å². The second-order valence-corrected chi connectivity index (χ2v) is 23.4. The van der Waals surface area contributed by atoms with Crippen LogP contribution in [-0.4, -0.2) is 37.2 Å². The van der Waals surface area contributed by atoms with E-state index in [4.69, 9.17) is 14.2 Å². The van der Waals surface area contributed by atoms with Crippen LogP contribution in [0.3, 0.4) is 0 Å². The first kappa shape index (κ1) is 75.4. The minimum absolute atomic E-state index is 0.0742. The zero-order chi connectivity index (χ0) is 56.4. The van der Waals surface area contributed by atoms with E-state index < -0.39 is 6.10 Å². The first-order chi connectivity index (χ1) is 38.5. The minimum atomic E-state index is -0.778. The molecular formula is C72H132O6. The fraction of sp³-hybridized carbons (Fsp3) is 0.847. The van der Waals surface area contributed by atoms with Gasteiger partial charge in [0.25, 0.3) is 0 Å². The van der Waals surface area contributed by atoms with Crippen molar-refractivity contribution in [2.75, 3.05) is 13.2 Å². The lowest BCUT2D eigenvalue weighted by molar-refractivity contribution is -0.167. The maximum Gasteiger partial charge on any atom is 0.306 e. The first-order valence-electron chi connectivity index (χ1n) is 34.6. The topological polar surface area (TPSA) is 78.9 Å². The van der Waals surface area contributed by atoms with Crippen molar-refractivity contribution >= 4 is 17.9 Å². The number of unbranched alkanes of at least 4 members (excludes halogenated alkanes) is 45. The molecule has 6 nitrogen and oxygen atoms in total. The van der Waals surface area contributed by atoms with E-state index in [-0.39, 0.29) is 31.1 Å². The van der Waals surface area contributed by atoms with Crippen LogP contribution in [0.15, 0.2) is 48.6 Å². The summed E-state index contributed by atoms with van der Waals surface area (Å²) < 4.78 is 16.9. The summed E-state index contributed by atoms with van der Waals surface area (Å²) in [6, 6.07) is 0. The van der Waals surface area contributed by atoms with Crippen LogP contribution in [0.4, 0.5) is 0 Å². The summed E-state index contributed by atoms with van der Waals surface area (Å²) in [6.45, 7) is 6.61. The fourth-order valence-electron chi connectivity index (χ4n) is 10.3. The third kappa shape index (κ3) is 64.2. The Morgan fingerprint density at radius 3 is 0.769 bits per heavy atom. The number of carbonyl (C=O) groups is 3. The van der Waals surface area contributed by atoms with Crippen molar-refractivity contribution in [2.24, 2.45) is 0 Å². The third-order valence-corrected chi connectivity index (χ3v) is 15.5. The molecule has 0 aliphatic heterocycles. The average Bonchev–Trinajstić information content (AvgIpc) is 3.44. The van der Waals surface area contributed by atoms with Crippen molar-refractivity contribution in [1.29, 1.82) is 0 Å². The van der Waals surface area contributed by atoms with Gasteiger partial charge in [-0.2, -0.15) is 0 Å². The molecule has 78 heavy (non-hydrogen) atoms. The lowest BCUT2D eigenvalue weighted by Crippen LogP contribution is -2.30. The maximum atomic E-state index is 12.9. The zero-order valence-corrected chi connectivity index (χ0v) is 52.5. The molecule has 1 atom stereocenters. The quantitative estimate of drug-likeness (QED) is 0.0261. The Kier molecular flexibility index (Phi) is 64.6. The van der Waals surface area contributed by atoms with Crippen LogP contribution in [0.25, 0.3) is 0 Å². The van der Waals surface area contributed by atoms with E-state index in [0.29, 0.717) is 19.3 Å². The second-order valence-electron chi connectivity index (χ2n) is 23.4. The molecule has 0 aliphatic rings. The molecule has 0 rings (SSSR count). The zero-order valence-electron chi connectivity index (χ0n) is 52.5. The van der Waals surface area contributed by atoms with E-state index in [1.165, 1.54) is 257 Å². The van der Waals surface area contributed by atoms with E-state index >= 15 is 0 Å². The lowest BCUT2D eigenvalue weighted by Gasteiger charge is -2.18. The summed E-state index contributed by atoms with van der Waals surface area (Å²) in [4.78, 5) is 38.3. The Morgan fingerprint density at radius 2 is 0.487 bits per heavy atom. The molecule has 0 saturated heterocycles. The molecule has 0 amide bonds. The van der Waals surface area contributed by atoms with Crippen LogP contribution in [0.1, 0.15) is 374 Å². The molecule has 0 spiro atoms. The van der Waals surface area contributed by atoms with Crippen LogP contribution < -0.4 is 0 Å². The molecule has 0 radical (unpaired) electrons. The van der Waals surface area contributed by atoms with Crippen LogP contribution in [0, 0.1) is 0 Å². The van der Waals surface area contributed by atoms with Gasteiger partial charge in [0.05, 0.1) is 0 Å². The summed E-state index contributed by atoms with van der Waals surface area (Å²) in [7, 11) is 0. The van der Waals surface area contributed by atoms with Crippen molar-refractivity contribution < 1.29 is 28.6 Å². The van der Waals surface area contributed by atoms with E-state index in [2.05, 4.69) is 69.4 Å². The van der Waals surface area contributed by atoms with E-state index in [1.807, 2.05) is 0 Å². The number of ether oxygens (including phenoxy) is 3. The molecule has 0 saturated carbocycles. The largest absolute Gasteiger partial charge is 0.462 e. The summed E-state index contributed by atoms with van der Waals surface area (Å²) in [5.41, 5.74) is 0. The molecule has 0 aromatic rings. The van der Waals surface area contributed by atoms with Gasteiger partial charge >= 0.3 is 17.9 Å². The predicted molar refractivity (Wildman–Crippen MR) is 339 cm³/mol. The van der Waals surface area contributed by atoms with E-state index in [0.717, 1.165) is 77.0 Å². The van der Waals surface area contributed by atoms with Crippen molar-refractivity contribution in [3.8, 4) is 0 Å². The normalized spacial score (nSPS) is 12.3. The number of rotatable bonds is 64. The van der Waals surface area contributed by atoms with Gasteiger partial charge in [0.15, 0.2) is 6.10 Å². The van der Waals surface area contributed by atoms with Gasteiger partial charge in [0, 0.05) is 19.3 Å². The molecule has 0 bridgehead atoms. The number of hydrogen-bond donors (Lipinski definition) is 0. The Balaban J connectivity index is 4.14. The number of hydrogen-bond acceptors (Lipinski definition) is 6. The molecule has 0 fully saturated rings. The highest BCUT2D eigenvalue weighted by Crippen LogP contribution is 2.18. The highest BCUT2D eigenvalue weighted by Gasteiger charge is 2.19. The van der Waals surface area contributed by atoms with E-state index in [1.54, 1.807) is 0 Å². The monoisotopic (exact) mass is 1090 g/mol. The molecule has 456 valence electrons. The smallest absolute Gasteiger partial charge is 0.306 e. The van der Waals surface area contributed by atoms with Crippen LogP contribution in [0.2, 0.25) is 0 Å². The van der Waals surface area contributed by atoms with E-state index in [9.17, 15) is 14.4 Å². The average molecular weight is 1090 g/mol. The van der Waals surface area contributed by atoms with Gasteiger partial charge in [0.1, 0.15) is 13.2 Å². The Labute approximate surface area is 486 Å². The Morgan fingerprint density at radius 1 is 0.256 bits per heavy atom. The van der Waals surface area contributed by atoms with Crippen molar-refractivity contribution in [3.05, 3.63) is 48.6 Å². The molecule has 0 N–H and O–H groups in total. The standard InChI is InChI=1S/C72H132O6/c1-4-7-10-13-16-19-22-24-26-28-30-32-33-34-35-36-37-38-39-41-42-44-46-48-50-53-56-59-62-65-71(74)77-68-69(67-76-70(73)64-61-58-55-52-21-18-15-12-9-6-3)78-72(75)66-63-60-57-54-51-49-47-45-43-40-31-29-27-25-23-20-17-14-11-8-5-2/h12,15,23,25,28-31,69H,4-11,13-14,16-22,24,26-27,32-68H2,1-3H3/b15-12-,25-23-,30-28-,31-29-. The molecule has 1 unspecified atom stereocenters. The highest BCUT2D eigenvalue weighted by atomic mass is 16.6. The van der Waals surface area contributed by atoms with Crippen molar-refractivity contribution in [3.63, 3.8) is 0 Å². The maximum absolute atomic E-state index is 12.9. The molecule has 0 aromatic heterocycles. The van der Waals surface area contributed by atoms with Gasteiger partial charge in [-0.25, -0.2) is 0 Å². The minimum Gasteiger partial charge on any atom is -0.462 e. The van der Waals surface area contributed by atoms with Gasteiger partial charge in [-0.05, 0) is 96.3 Å². The molecular weight excluding hydrogens is 961 g/mol. The number of carbonyl (C=O) groups excluding carboxylic acids is 3. The third-order valence-electron chi connectivity index (χ3n) is 15.5. The Bertz CT molecular complexity index is 1350. The molecule has 0 aliphatic carbocycles. The van der Waals surface area contributed by atoms with Crippen molar-refractivity contribution in [2.45, 2.75) is 380 Å². The SMILES string of the molecule is CCC/C=C\CCCCCCCC(=O)OCC(COC(=O)CCCCCCCCCCCCCCCCCCC/C=C\CCCCCCCCCC)OC(=O)CCCCCCCCCCC/C=C\C/C=C\CCCCCCC. The van der Waals surface area contributed by atoms with Crippen molar-refractivity contribution in [1.82, 2.24) is 0 Å².